The average molecular weight is 346 g/mol. The average Bonchev–Trinajstić information content (AvgIpc) is 2.73. The summed E-state index contributed by atoms with van der Waals surface area (Å²) in [5, 5.41) is 15.5. The fraction of sp³-hybridized carbons (Fsp3) is 0.417. The summed E-state index contributed by atoms with van der Waals surface area (Å²) >= 11 is 2.20. The van der Waals surface area contributed by atoms with E-state index >= 15 is 0 Å². The van der Waals surface area contributed by atoms with Crippen LogP contribution in [-0.4, -0.2) is 36.8 Å². The Balaban J connectivity index is 1.87. The molecule has 1 heterocycles. The van der Waals surface area contributed by atoms with Gasteiger partial charge in [-0.25, -0.2) is 0 Å². The molecule has 1 aliphatic heterocycles. The highest BCUT2D eigenvalue weighted by Gasteiger charge is 2.25. The van der Waals surface area contributed by atoms with Crippen LogP contribution in [0.5, 0.6) is 0 Å². The second-order valence-corrected chi connectivity index (χ2v) is 5.45. The van der Waals surface area contributed by atoms with E-state index in [2.05, 4.69) is 33.2 Å². The Morgan fingerprint density at radius 2 is 2.12 bits per heavy atom. The number of hydrogen-bond donors (Lipinski definition) is 3. The van der Waals surface area contributed by atoms with Gasteiger partial charge in [0.25, 0.3) is 5.91 Å². The smallest absolute Gasteiger partial charge is 0.251 e. The van der Waals surface area contributed by atoms with Crippen molar-refractivity contribution in [1.82, 2.24) is 10.6 Å². The first kappa shape index (κ1) is 12.8. The first-order valence-corrected chi connectivity index (χ1v) is 6.67. The number of benzene rings is 1. The maximum atomic E-state index is 11.8. The number of carbonyl (C=O) groups is 1. The predicted octanol–water partition coefficient (Wildman–Crippen LogP) is 0.601. The van der Waals surface area contributed by atoms with Gasteiger partial charge >= 0.3 is 0 Å². The Kier molecular flexibility index (Phi) is 4.36. The van der Waals surface area contributed by atoms with Crippen molar-refractivity contribution in [3.63, 3.8) is 0 Å². The molecule has 0 spiro atoms. The minimum Gasteiger partial charge on any atom is -0.391 e. The molecule has 2 unspecified atom stereocenters. The van der Waals surface area contributed by atoms with Gasteiger partial charge in [-0.05, 0) is 46.9 Å². The molecule has 1 saturated heterocycles. The van der Waals surface area contributed by atoms with Crippen LogP contribution in [0, 0.1) is 9.49 Å². The van der Waals surface area contributed by atoms with Crippen LogP contribution >= 0.6 is 22.6 Å². The molecule has 0 radical (unpaired) electrons. The molecule has 1 fully saturated rings. The van der Waals surface area contributed by atoms with Crippen LogP contribution in [0.3, 0.4) is 0 Å². The second kappa shape index (κ2) is 5.79. The van der Waals surface area contributed by atoms with Gasteiger partial charge < -0.3 is 15.7 Å². The number of amides is 1. The number of β-amino-alcohol motifs (C(OH)–C–C–N with tert-alkyl or cyclic N) is 1. The van der Waals surface area contributed by atoms with Crippen molar-refractivity contribution in [3.8, 4) is 0 Å². The van der Waals surface area contributed by atoms with Crippen molar-refractivity contribution in [2.24, 2.45) is 5.92 Å². The van der Waals surface area contributed by atoms with Gasteiger partial charge in [0.05, 0.1) is 6.10 Å². The van der Waals surface area contributed by atoms with E-state index in [0.717, 1.165) is 10.1 Å². The van der Waals surface area contributed by atoms with Crippen molar-refractivity contribution in [2.75, 3.05) is 19.6 Å². The maximum Gasteiger partial charge on any atom is 0.251 e. The van der Waals surface area contributed by atoms with Gasteiger partial charge in [0, 0.05) is 34.7 Å². The van der Waals surface area contributed by atoms with Crippen LogP contribution < -0.4 is 10.6 Å². The zero-order valence-corrected chi connectivity index (χ0v) is 11.5. The first-order chi connectivity index (χ1) is 8.16. The molecule has 4 nitrogen and oxygen atoms in total. The third-order valence-corrected chi connectivity index (χ3v) is 3.65. The molecule has 3 N–H and O–H groups in total. The summed E-state index contributed by atoms with van der Waals surface area (Å²) in [4.78, 5) is 11.8. The molecule has 0 aliphatic carbocycles. The lowest BCUT2D eigenvalue weighted by molar-refractivity contribution is 0.0927. The van der Waals surface area contributed by atoms with Gasteiger partial charge in [0.15, 0.2) is 0 Å². The number of hydrogen-bond acceptors (Lipinski definition) is 3. The van der Waals surface area contributed by atoms with E-state index in [4.69, 9.17) is 0 Å². The molecule has 2 atom stereocenters. The Bertz CT molecular complexity index is 394. The van der Waals surface area contributed by atoms with Gasteiger partial charge in [0.2, 0.25) is 0 Å². The van der Waals surface area contributed by atoms with Gasteiger partial charge in [-0.2, -0.15) is 0 Å². The summed E-state index contributed by atoms with van der Waals surface area (Å²) in [6.45, 7) is 1.89. The molecule has 1 aliphatic rings. The van der Waals surface area contributed by atoms with Crippen LogP contribution in [0.15, 0.2) is 24.3 Å². The van der Waals surface area contributed by atoms with E-state index in [9.17, 15) is 9.90 Å². The molecule has 92 valence electrons. The molecule has 17 heavy (non-hydrogen) atoms. The van der Waals surface area contributed by atoms with Crippen molar-refractivity contribution in [2.45, 2.75) is 6.10 Å². The molecular weight excluding hydrogens is 331 g/mol. The van der Waals surface area contributed by atoms with Gasteiger partial charge in [-0.3, -0.25) is 4.79 Å². The van der Waals surface area contributed by atoms with Crippen molar-refractivity contribution in [3.05, 3.63) is 33.4 Å². The predicted molar refractivity (Wildman–Crippen MR) is 73.9 cm³/mol. The lowest BCUT2D eigenvalue weighted by Crippen LogP contribution is -2.34. The molecule has 1 aromatic rings. The summed E-state index contributed by atoms with van der Waals surface area (Å²) in [5.74, 6) is 0.0308. The number of aliphatic hydroxyl groups excluding tert-OH is 1. The monoisotopic (exact) mass is 346 g/mol. The molecule has 0 saturated carbocycles. The Labute approximate surface area is 114 Å². The summed E-state index contributed by atoms with van der Waals surface area (Å²) in [7, 11) is 0. The van der Waals surface area contributed by atoms with Crippen LogP contribution in [0.2, 0.25) is 0 Å². The number of rotatable bonds is 3. The topological polar surface area (TPSA) is 61.4 Å². The van der Waals surface area contributed by atoms with Gasteiger partial charge in [0.1, 0.15) is 0 Å². The SMILES string of the molecule is O=C(NCC1CNCC1O)c1ccc(I)cc1. The maximum absolute atomic E-state index is 11.8. The minimum absolute atomic E-state index is 0.0829. The summed E-state index contributed by atoms with van der Waals surface area (Å²) in [6, 6.07) is 7.42. The van der Waals surface area contributed by atoms with E-state index in [0.29, 0.717) is 18.7 Å². The number of carbonyl (C=O) groups excluding carboxylic acids is 1. The zero-order chi connectivity index (χ0) is 12.3. The molecule has 5 heteroatoms. The van der Waals surface area contributed by atoms with E-state index in [-0.39, 0.29) is 17.9 Å². The Morgan fingerprint density at radius 3 is 2.71 bits per heavy atom. The van der Waals surface area contributed by atoms with E-state index < -0.39 is 0 Å². The van der Waals surface area contributed by atoms with E-state index in [1.54, 1.807) is 12.1 Å². The fourth-order valence-electron chi connectivity index (χ4n) is 1.85. The molecule has 1 aromatic carbocycles. The van der Waals surface area contributed by atoms with Crippen LogP contribution in [0.25, 0.3) is 0 Å². The van der Waals surface area contributed by atoms with Crippen molar-refractivity contribution < 1.29 is 9.90 Å². The molecule has 2 rings (SSSR count). The standard InChI is InChI=1S/C12H15IN2O2/c13-10-3-1-8(2-4-10)12(17)15-6-9-5-14-7-11(9)16/h1-4,9,11,14,16H,5-7H2,(H,15,17). The fourth-order valence-corrected chi connectivity index (χ4v) is 2.21. The Hall–Kier alpha value is -0.660. The van der Waals surface area contributed by atoms with E-state index in [1.165, 1.54) is 0 Å². The minimum atomic E-state index is -0.355. The zero-order valence-electron chi connectivity index (χ0n) is 9.32. The van der Waals surface area contributed by atoms with Crippen molar-refractivity contribution >= 4 is 28.5 Å². The molecular formula is C12H15IN2O2. The molecule has 0 bridgehead atoms. The number of halogens is 1. The van der Waals surface area contributed by atoms with Crippen LogP contribution in [0.4, 0.5) is 0 Å². The Morgan fingerprint density at radius 1 is 1.41 bits per heavy atom. The highest BCUT2D eigenvalue weighted by molar-refractivity contribution is 14.1. The quantitative estimate of drug-likeness (QED) is 0.703. The van der Waals surface area contributed by atoms with E-state index in [1.807, 2.05) is 12.1 Å². The van der Waals surface area contributed by atoms with Gasteiger partial charge in [-0.1, -0.05) is 0 Å². The van der Waals surface area contributed by atoms with Gasteiger partial charge in [-0.15, -0.1) is 0 Å². The number of nitrogens with one attached hydrogen (secondary N) is 2. The lowest BCUT2D eigenvalue weighted by Gasteiger charge is -2.14. The summed E-state index contributed by atoms with van der Waals surface area (Å²) in [5.41, 5.74) is 0.658. The first-order valence-electron chi connectivity index (χ1n) is 5.59. The van der Waals surface area contributed by atoms with Crippen molar-refractivity contribution in [1.29, 1.82) is 0 Å². The van der Waals surface area contributed by atoms with Crippen LogP contribution in [0.1, 0.15) is 10.4 Å². The van der Waals surface area contributed by atoms with Crippen LogP contribution in [-0.2, 0) is 0 Å². The summed E-state index contributed by atoms with van der Waals surface area (Å²) in [6.07, 6.45) is -0.355. The third-order valence-electron chi connectivity index (χ3n) is 2.94. The highest BCUT2D eigenvalue weighted by atomic mass is 127. The largest absolute Gasteiger partial charge is 0.391 e. The number of aliphatic hydroxyl groups is 1. The normalized spacial score (nSPS) is 23.6. The lowest BCUT2D eigenvalue weighted by atomic mass is 10.1. The second-order valence-electron chi connectivity index (χ2n) is 4.20. The molecule has 1 amide bonds. The molecule has 0 aromatic heterocycles. The third kappa shape index (κ3) is 3.40. The highest BCUT2D eigenvalue weighted by Crippen LogP contribution is 2.09. The summed E-state index contributed by atoms with van der Waals surface area (Å²) < 4.78 is 1.11.